The normalized spacial score (nSPS) is 28.9. The van der Waals surface area contributed by atoms with Crippen molar-refractivity contribution < 1.29 is 14.3 Å². The van der Waals surface area contributed by atoms with Crippen LogP contribution < -0.4 is 0 Å². The van der Waals surface area contributed by atoms with Crippen LogP contribution in [0.2, 0.25) is 0 Å². The van der Waals surface area contributed by atoms with Gasteiger partial charge in [-0.25, -0.2) is 0 Å². The number of benzene rings is 1. The first kappa shape index (κ1) is 18.4. The lowest BCUT2D eigenvalue weighted by Crippen LogP contribution is -2.50. The van der Waals surface area contributed by atoms with Crippen LogP contribution in [-0.4, -0.2) is 77.5 Å². The van der Waals surface area contributed by atoms with Gasteiger partial charge in [0.15, 0.2) is 0 Å². The van der Waals surface area contributed by atoms with E-state index >= 15 is 0 Å². The summed E-state index contributed by atoms with van der Waals surface area (Å²) < 4.78 is 5.98. The molecule has 4 rings (SSSR count). The second-order valence-corrected chi connectivity index (χ2v) is 8.22. The van der Waals surface area contributed by atoms with Crippen LogP contribution >= 0.6 is 0 Å². The zero-order chi connectivity index (χ0) is 19.0. The summed E-state index contributed by atoms with van der Waals surface area (Å²) in [6.07, 6.45) is 0.418. The second kappa shape index (κ2) is 7.60. The maximum absolute atomic E-state index is 13.0. The molecule has 0 radical (unpaired) electrons. The standard InChI is InChI=1S/C21H29N3O3/c1-15(2)24-12-17(10-20(24)25)21(26)23-13-18-19(14-23)27-9-8-22(18)11-16-6-4-3-5-7-16/h3-7,15,17-19H,8-14H2,1-2H3. The molecule has 0 spiro atoms. The Bertz CT molecular complexity index is 693. The Morgan fingerprint density at radius 3 is 2.67 bits per heavy atom. The van der Waals surface area contributed by atoms with E-state index in [4.69, 9.17) is 4.74 Å². The van der Waals surface area contributed by atoms with Gasteiger partial charge in [-0.2, -0.15) is 0 Å². The molecule has 3 fully saturated rings. The fraction of sp³-hybridized carbons (Fsp3) is 0.619. The van der Waals surface area contributed by atoms with E-state index in [9.17, 15) is 9.59 Å². The zero-order valence-electron chi connectivity index (χ0n) is 16.2. The number of hydrogen-bond acceptors (Lipinski definition) is 4. The van der Waals surface area contributed by atoms with Crippen molar-refractivity contribution in [3.05, 3.63) is 35.9 Å². The van der Waals surface area contributed by atoms with Gasteiger partial charge in [-0.15, -0.1) is 0 Å². The minimum absolute atomic E-state index is 0.0738. The summed E-state index contributed by atoms with van der Waals surface area (Å²) in [7, 11) is 0. The largest absolute Gasteiger partial charge is 0.373 e. The molecule has 0 bridgehead atoms. The Hall–Kier alpha value is -1.92. The van der Waals surface area contributed by atoms with Crippen LogP contribution in [0.25, 0.3) is 0 Å². The Morgan fingerprint density at radius 2 is 1.96 bits per heavy atom. The van der Waals surface area contributed by atoms with Gasteiger partial charge in [-0.05, 0) is 19.4 Å². The number of carbonyl (C=O) groups is 2. The third kappa shape index (κ3) is 3.73. The summed E-state index contributed by atoms with van der Waals surface area (Å²) in [5.41, 5.74) is 1.29. The van der Waals surface area contributed by atoms with Crippen molar-refractivity contribution in [2.45, 2.75) is 45.0 Å². The number of nitrogens with zero attached hydrogens (tertiary/aromatic N) is 3. The predicted molar refractivity (Wildman–Crippen MR) is 102 cm³/mol. The Labute approximate surface area is 161 Å². The fourth-order valence-electron chi connectivity index (χ4n) is 4.61. The molecule has 1 aromatic rings. The summed E-state index contributed by atoms with van der Waals surface area (Å²) >= 11 is 0. The lowest BCUT2D eigenvalue weighted by atomic mass is 10.1. The van der Waals surface area contributed by atoms with Crippen molar-refractivity contribution in [3.8, 4) is 0 Å². The molecule has 3 unspecified atom stereocenters. The molecule has 0 aromatic heterocycles. The van der Waals surface area contributed by atoms with Crippen molar-refractivity contribution >= 4 is 11.8 Å². The van der Waals surface area contributed by atoms with Gasteiger partial charge >= 0.3 is 0 Å². The highest BCUT2D eigenvalue weighted by atomic mass is 16.5. The van der Waals surface area contributed by atoms with Crippen molar-refractivity contribution in [1.82, 2.24) is 14.7 Å². The highest BCUT2D eigenvalue weighted by Gasteiger charge is 2.45. The first-order valence-electron chi connectivity index (χ1n) is 10.0. The Kier molecular flexibility index (Phi) is 5.19. The van der Waals surface area contributed by atoms with Crippen molar-refractivity contribution in [3.63, 3.8) is 0 Å². The maximum atomic E-state index is 13.0. The number of rotatable bonds is 4. The van der Waals surface area contributed by atoms with E-state index in [1.165, 1.54) is 5.56 Å². The highest BCUT2D eigenvalue weighted by molar-refractivity contribution is 5.89. The fourth-order valence-corrected chi connectivity index (χ4v) is 4.61. The van der Waals surface area contributed by atoms with Gasteiger partial charge in [0, 0.05) is 45.2 Å². The van der Waals surface area contributed by atoms with E-state index in [2.05, 4.69) is 29.2 Å². The predicted octanol–water partition coefficient (Wildman–Crippen LogP) is 1.36. The molecule has 0 saturated carbocycles. The number of hydrogen-bond donors (Lipinski definition) is 0. The number of amides is 2. The smallest absolute Gasteiger partial charge is 0.228 e. The van der Waals surface area contributed by atoms with E-state index in [1.807, 2.05) is 29.7 Å². The molecule has 2 amide bonds. The summed E-state index contributed by atoms with van der Waals surface area (Å²) in [4.78, 5) is 31.4. The number of carbonyl (C=O) groups excluding carboxylic acids is 2. The summed E-state index contributed by atoms with van der Waals surface area (Å²) in [6, 6.07) is 10.8. The lowest BCUT2D eigenvalue weighted by molar-refractivity contribution is -0.135. The lowest BCUT2D eigenvalue weighted by Gasteiger charge is -2.36. The van der Waals surface area contributed by atoms with Crippen molar-refractivity contribution in [2.24, 2.45) is 5.92 Å². The van der Waals surface area contributed by atoms with E-state index in [0.717, 1.165) is 13.1 Å². The molecule has 6 nitrogen and oxygen atoms in total. The third-order valence-corrected chi connectivity index (χ3v) is 6.09. The van der Waals surface area contributed by atoms with Crippen LogP contribution in [0.1, 0.15) is 25.8 Å². The average molecular weight is 371 g/mol. The number of ether oxygens (including phenoxy) is 1. The van der Waals surface area contributed by atoms with Gasteiger partial charge in [0.25, 0.3) is 0 Å². The van der Waals surface area contributed by atoms with Crippen LogP contribution in [-0.2, 0) is 20.9 Å². The first-order chi connectivity index (χ1) is 13.0. The molecule has 146 valence electrons. The Balaban J connectivity index is 1.41. The van der Waals surface area contributed by atoms with E-state index in [1.54, 1.807) is 0 Å². The van der Waals surface area contributed by atoms with E-state index < -0.39 is 0 Å². The molecule has 0 aliphatic carbocycles. The minimum Gasteiger partial charge on any atom is -0.373 e. The molecule has 0 N–H and O–H groups in total. The molecule has 3 aliphatic heterocycles. The molecule has 6 heteroatoms. The van der Waals surface area contributed by atoms with Gasteiger partial charge in [0.1, 0.15) is 0 Å². The molecule has 3 aliphatic rings. The van der Waals surface area contributed by atoms with Crippen LogP contribution in [0.5, 0.6) is 0 Å². The number of morpholine rings is 1. The van der Waals surface area contributed by atoms with E-state index in [0.29, 0.717) is 32.7 Å². The average Bonchev–Trinajstić information content (AvgIpc) is 3.26. The van der Waals surface area contributed by atoms with Gasteiger partial charge in [0.2, 0.25) is 11.8 Å². The topological polar surface area (TPSA) is 53.1 Å². The van der Waals surface area contributed by atoms with Crippen molar-refractivity contribution in [1.29, 1.82) is 0 Å². The summed E-state index contributed by atoms with van der Waals surface area (Å²) in [5.74, 6) is 0.00806. The Morgan fingerprint density at radius 1 is 1.19 bits per heavy atom. The molecular weight excluding hydrogens is 342 g/mol. The van der Waals surface area contributed by atoms with Gasteiger partial charge in [-0.1, -0.05) is 30.3 Å². The van der Waals surface area contributed by atoms with Gasteiger partial charge in [-0.3, -0.25) is 14.5 Å². The molecule has 3 atom stereocenters. The van der Waals surface area contributed by atoms with Crippen LogP contribution in [0.3, 0.4) is 0 Å². The highest BCUT2D eigenvalue weighted by Crippen LogP contribution is 2.28. The molecule has 27 heavy (non-hydrogen) atoms. The molecule has 3 heterocycles. The molecule has 1 aromatic carbocycles. The molecular formula is C21H29N3O3. The minimum atomic E-state index is -0.206. The monoisotopic (exact) mass is 371 g/mol. The second-order valence-electron chi connectivity index (χ2n) is 8.22. The molecule has 3 saturated heterocycles. The van der Waals surface area contributed by atoms with E-state index in [-0.39, 0.29) is 35.9 Å². The van der Waals surface area contributed by atoms with Crippen LogP contribution in [0.15, 0.2) is 30.3 Å². The first-order valence-corrected chi connectivity index (χ1v) is 10.0. The number of likely N-dealkylation sites (tertiary alicyclic amines) is 2. The third-order valence-electron chi connectivity index (χ3n) is 6.09. The van der Waals surface area contributed by atoms with Crippen molar-refractivity contribution in [2.75, 3.05) is 32.8 Å². The summed E-state index contributed by atoms with van der Waals surface area (Å²) in [5, 5.41) is 0. The van der Waals surface area contributed by atoms with Gasteiger partial charge < -0.3 is 14.5 Å². The van der Waals surface area contributed by atoms with Crippen LogP contribution in [0.4, 0.5) is 0 Å². The SMILES string of the molecule is CC(C)N1CC(C(=O)N2CC3OCCN(Cc4ccccc4)C3C2)CC1=O. The van der Waals surface area contributed by atoms with Crippen LogP contribution in [0, 0.1) is 5.92 Å². The quantitative estimate of drug-likeness (QED) is 0.802. The number of fused-ring (bicyclic) bond motifs is 1. The zero-order valence-corrected chi connectivity index (χ0v) is 16.2. The van der Waals surface area contributed by atoms with Gasteiger partial charge in [0.05, 0.1) is 24.7 Å². The summed E-state index contributed by atoms with van der Waals surface area (Å²) in [6.45, 7) is 8.38. The maximum Gasteiger partial charge on any atom is 0.228 e.